The Hall–Kier alpha value is -2.95. The van der Waals surface area contributed by atoms with Crippen LogP contribution in [0.25, 0.3) is 6.08 Å². The minimum atomic E-state index is -0.597. The van der Waals surface area contributed by atoms with Crippen LogP contribution in [0.2, 0.25) is 0 Å². The van der Waals surface area contributed by atoms with Crippen molar-refractivity contribution in [1.29, 1.82) is 0 Å². The second-order valence-corrected chi connectivity index (χ2v) is 8.80. The molecular formula is C22H17Br2N3O4S. The summed E-state index contributed by atoms with van der Waals surface area (Å²) in [4.78, 5) is 26.1. The summed E-state index contributed by atoms with van der Waals surface area (Å²) in [5, 5.41) is 18.5. The molecule has 0 aliphatic rings. The van der Waals surface area contributed by atoms with E-state index < -0.39 is 11.8 Å². The van der Waals surface area contributed by atoms with Gasteiger partial charge in [0.15, 0.2) is 11.5 Å². The van der Waals surface area contributed by atoms with Crippen molar-refractivity contribution in [3.05, 3.63) is 84.6 Å². The zero-order chi connectivity index (χ0) is 23.1. The minimum absolute atomic E-state index is 0.0435. The molecule has 164 valence electrons. The number of phenolic OH excluding ortho intramolecular Hbond substituents is 1. The number of carbonyl (C=O) groups excluding carboxylic acids is 2. The first-order valence-corrected chi connectivity index (χ1v) is 11.6. The molecule has 0 saturated carbocycles. The monoisotopic (exact) mass is 577 g/mol. The lowest BCUT2D eigenvalue weighted by atomic mass is 10.2. The lowest BCUT2D eigenvalue weighted by molar-refractivity contribution is -0.117. The first kappa shape index (κ1) is 23.7. The Labute approximate surface area is 205 Å². The van der Waals surface area contributed by atoms with Crippen LogP contribution in [0.1, 0.15) is 20.8 Å². The molecule has 3 rings (SSSR count). The van der Waals surface area contributed by atoms with Crippen LogP contribution in [0.15, 0.2) is 73.7 Å². The highest BCUT2D eigenvalue weighted by Gasteiger charge is 2.16. The number of nitrogens with one attached hydrogen (secondary N) is 2. The van der Waals surface area contributed by atoms with Gasteiger partial charge in [0.2, 0.25) is 0 Å². The zero-order valence-corrected chi connectivity index (χ0v) is 20.6. The number of thiophene rings is 1. The SMILES string of the molecule is COc1cc(C=NNC(=O)C(=Cc2cccs2)NC(=O)c2ccccc2)c(Br)c(Br)c1O. The van der Waals surface area contributed by atoms with Crippen LogP contribution >= 0.6 is 43.2 Å². The van der Waals surface area contributed by atoms with E-state index in [1.54, 1.807) is 42.5 Å². The Morgan fingerprint density at radius 1 is 1.12 bits per heavy atom. The number of carbonyl (C=O) groups is 2. The predicted molar refractivity (Wildman–Crippen MR) is 132 cm³/mol. The number of hydrogen-bond donors (Lipinski definition) is 3. The molecule has 2 aromatic carbocycles. The number of rotatable bonds is 7. The summed E-state index contributed by atoms with van der Waals surface area (Å²) >= 11 is 8.05. The summed E-state index contributed by atoms with van der Waals surface area (Å²) in [6.45, 7) is 0. The summed E-state index contributed by atoms with van der Waals surface area (Å²) in [7, 11) is 1.43. The number of nitrogens with zero attached hydrogens (tertiary/aromatic N) is 1. The molecule has 7 nitrogen and oxygen atoms in total. The van der Waals surface area contributed by atoms with Gasteiger partial charge in [0.05, 0.1) is 17.8 Å². The highest BCUT2D eigenvalue weighted by molar-refractivity contribution is 9.13. The number of halogens is 2. The number of hydrogen-bond acceptors (Lipinski definition) is 6. The van der Waals surface area contributed by atoms with E-state index in [0.29, 0.717) is 20.1 Å². The van der Waals surface area contributed by atoms with E-state index in [9.17, 15) is 14.7 Å². The van der Waals surface area contributed by atoms with E-state index in [2.05, 4.69) is 47.7 Å². The van der Waals surface area contributed by atoms with Crippen molar-refractivity contribution in [2.24, 2.45) is 5.10 Å². The normalized spacial score (nSPS) is 11.4. The molecule has 3 N–H and O–H groups in total. The van der Waals surface area contributed by atoms with Gasteiger partial charge in [-0.3, -0.25) is 9.59 Å². The van der Waals surface area contributed by atoms with Gasteiger partial charge in [-0.25, -0.2) is 5.43 Å². The fourth-order valence-corrected chi connectivity index (χ4v) is 4.03. The Morgan fingerprint density at radius 3 is 2.53 bits per heavy atom. The van der Waals surface area contributed by atoms with Gasteiger partial charge in [0.1, 0.15) is 5.70 Å². The van der Waals surface area contributed by atoms with Gasteiger partial charge in [-0.2, -0.15) is 5.10 Å². The van der Waals surface area contributed by atoms with E-state index in [-0.39, 0.29) is 17.2 Å². The summed E-state index contributed by atoms with van der Waals surface area (Å²) in [6.07, 6.45) is 2.96. The molecule has 1 aromatic heterocycles. The van der Waals surface area contributed by atoms with E-state index in [4.69, 9.17) is 4.74 Å². The van der Waals surface area contributed by atoms with Gasteiger partial charge >= 0.3 is 0 Å². The van der Waals surface area contributed by atoms with Crippen LogP contribution < -0.4 is 15.5 Å². The first-order chi connectivity index (χ1) is 15.4. The van der Waals surface area contributed by atoms with Crippen molar-refractivity contribution < 1.29 is 19.4 Å². The summed E-state index contributed by atoms with van der Waals surface area (Å²) in [6, 6.07) is 13.8. The summed E-state index contributed by atoms with van der Waals surface area (Å²) in [5.41, 5.74) is 3.42. The number of methoxy groups -OCH3 is 1. The molecule has 32 heavy (non-hydrogen) atoms. The van der Waals surface area contributed by atoms with Crippen LogP contribution in [0, 0.1) is 0 Å². The first-order valence-electron chi connectivity index (χ1n) is 9.10. The third-order valence-corrected chi connectivity index (χ3v) is 7.10. The maximum atomic E-state index is 12.8. The molecule has 10 heteroatoms. The molecule has 0 saturated heterocycles. The highest BCUT2D eigenvalue weighted by Crippen LogP contribution is 2.41. The van der Waals surface area contributed by atoms with Crippen molar-refractivity contribution in [3.63, 3.8) is 0 Å². The van der Waals surface area contributed by atoms with E-state index in [0.717, 1.165) is 4.88 Å². The lowest BCUT2D eigenvalue weighted by Crippen LogP contribution is -2.32. The van der Waals surface area contributed by atoms with Crippen LogP contribution in [-0.2, 0) is 4.79 Å². The van der Waals surface area contributed by atoms with Crippen LogP contribution in [-0.4, -0.2) is 30.2 Å². The molecule has 0 atom stereocenters. The largest absolute Gasteiger partial charge is 0.503 e. The number of benzene rings is 2. The smallest absolute Gasteiger partial charge is 0.287 e. The van der Waals surface area contributed by atoms with Gasteiger partial charge in [-0.1, -0.05) is 24.3 Å². The van der Waals surface area contributed by atoms with E-state index in [1.807, 2.05) is 17.5 Å². The molecule has 0 radical (unpaired) electrons. The molecule has 3 aromatic rings. The van der Waals surface area contributed by atoms with Crippen molar-refractivity contribution in [2.75, 3.05) is 7.11 Å². The molecule has 2 amide bonds. The minimum Gasteiger partial charge on any atom is -0.503 e. The Balaban J connectivity index is 1.80. The Kier molecular flexibility index (Phi) is 8.20. The molecular weight excluding hydrogens is 562 g/mol. The number of phenols is 1. The lowest BCUT2D eigenvalue weighted by Gasteiger charge is -2.10. The third-order valence-electron chi connectivity index (χ3n) is 4.12. The number of aromatic hydroxyl groups is 1. The molecule has 0 aliphatic carbocycles. The van der Waals surface area contributed by atoms with Crippen LogP contribution in [0.5, 0.6) is 11.5 Å². The van der Waals surface area contributed by atoms with Gasteiger partial charge in [-0.15, -0.1) is 11.3 Å². The second kappa shape index (κ2) is 11.1. The molecule has 0 unspecified atom stereocenters. The van der Waals surface area contributed by atoms with Gasteiger partial charge in [0.25, 0.3) is 11.8 Å². The maximum absolute atomic E-state index is 12.8. The highest BCUT2D eigenvalue weighted by atomic mass is 79.9. The van der Waals surface area contributed by atoms with Crippen molar-refractivity contribution >= 4 is 67.3 Å². The maximum Gasteiger partial charge on any atom is 0.287 e. The van der Waals surface area contributed by atoms with E-state index in [1.165, 1.54) is 24.7 Å². The van der Waals surface area contributed by atoms with Gasteiger partial charge < -0.3 is 15.2 Å². The number of ether oxygens (including phenoxy) is 1. The molecule has 0 spiro atoms. The van der Waals surface area contributed by atoms with E-state index >= 15 is 0 Å². The van der Waals surface area contributed by atoms with Gasteiger partial charge in [0, 0.05) is 20.5 Å². The second-order valence-electron chi connectivity index (χ2n) is 6.24. The van der Waals surface area contributed by atoms with Crippen molar-refractivity contribution in [2.45, 2.75) is 0 Å². The van der Waals surface area contributed by atoms with Crippen LogP contribution in [0.3, 0.4) is 0 Å². The zero-order valence-electron chi connectivity index (χ0n) is 16.6. The Morgan fingerprint density at radius 2 is 1.88 bits per heavy atom. The predicted octanol–water partition coefficient (Wildman–Crippen LogP) is 4.91. The van der Waals surface area contributed by atoms with Crippen molar-refractivity contribution in [1.82, 2.24) is 10.7 Å². The summed E-state index contributed by atoms with van der Waals surface area (Å²) in [5.74, 6) is -0.839. The molecule has 0 aliphatic heterocycles. The van der Waals surface area contributed by atoms with Gasteiger partial charge in [-0.05, 0) is 67.6 Å². The fourth-order valence-electron chi connectivity index (χ4n) is 2.54. The summed E-state index contributed by atoms with van der Waals surface area (Å²) < 4.78 is 6.04. The van der Waals surface area contributed by atoms with Crippen molar-refractivity contribution in [3.8, 4) is 11.5 Å². The number of hydrazone groups is 1. The topological polar surface area (TPSA) is 100 Å². The third kappa shape index (κ3) is 5.84. The standard InChI is InChI=1S/C22H17Br2N3O4S/c1-31-17-10-14(18(23)19(24)20(17)28)12-25-27-22(30)16(11-15-8-5-9-32-15)26-21(29)13-6-3-2-4-7-13/h2-12,28H,1H3,(H,26,29)(H,27,30). The molecule has 0 bridgehead atoms. The Bertz CT molecular complexity index is 1180. The average Bonchev–Trinajstić information content (AvgIpc) is 3.32. The quantitative estimate of drug-likeness (QED) is 0.211. The molecule has 0 fully saturated rings. The van der Waals surface area contributed by atoms with Crippen LogP contribution in [0.4, 0.5) is 0 Å². The fraction of sp³-hybridized carbons (Fsp3) is 0.0455. The molecule has 1 heterocycles. The average molecular weight is 579 g/mol. The number of amides is 2.